The summed E-state index contributed by atoms with van der Waals surface area (Å²) in [5.41, 5.74) is 4.63. The largest absolute Gasteiger partial charge is 0.497 e. The third-order valence-electron chi connectivity index (χ3n) is 8.24. The van der Waals surface area contributed by atoms with Crippen LogP contribution in [0.2, 0.25) is 0 Å². The molecule has 3 aromatic carbocycles. The van der Waals surface area contributed by atoms with Crippen molar-refractivity contribution < 1.29 is 18.7 Å². The zero-order chi connectivity index (χ0) is 31.5. The number of carbonyl (C=O) groups is 2. The lowest BCUT2D eigenvalue weighted by Crippen LogP contribution is -2.30. The van der Waals surface area contributed by atoms with Crippen LogP contribution in [0, 0.1) is 5.82 Å². The third-order valence-corrected chi connectivity index (χ3v) is 8.24. The van der Waals surface area contributed by atoms with Gasteiger partial charge in [-0.1, -0.05) is 62.9 Å². The molecule has 0 saturated carbocycles. The van der Waals surface area contributed by atoms with Gasteiger partial charge in [0.1, 0.15) is 11.6 Å². The molecular weight excluding hydrogens is 553 g/mol. The molecule has 0 aliphatic rings. The fourth-order valence-electron chi connectivity index (χ4n) is 5.76. The first-order chi connectivity index (χ1) is 21.3. The minimum Gasteiger partial charge on any atom is -0.497 e. The Balaban J connectivity index is 1.59. The van der Waals surface area contributed by atoms with Gasteiger partial charge in [-0.25, -0.2) is 4.39 Å². The van der Waals surface area contributed by atoms with E-state index < -0.39 is 0 Å². The van der Waals surface area contributed by atoms with E-state index in [9.17, 15) is 14.0 Å². The maximum absolute atomic E-state index is 14.1. The van der Waals surface area contributed by atoms with Crippen LogP contribution in [0.15, 0.2) is 72.8 Å². The number of hydrogen-bond donors (Lipinski definition) is 0. The monoisotopic (exact) mass is 599 g/mol. The van der Waals surface area contributed by atoms with Gasteiger partial charge in [-0.2, -0.15) is 0 Å². The maximum Gasteiger partial charge on any atom is 0.223 e. The van der Waals surface area contributed by atoms with Crippen molar-refractivity contribution in [3.05, 3.63) is 84.2 Å². The van der Waals surface area contributed by atoms with Crippen LogP contribution in [0.1, 0.15) is 70.8 Å². The molecule has 0 aliphatic carbocycles. The SMILES string of the molecule is CCCCN(C)C(=O)CCCCCCCN(C(C)=O)c1c(-c2ccc(F)cc2)n(Cc2ccccc2)c2ccc(OC)cc12. The maximum atomic E-state index is 14.1. The molecule has 0 bridgehead atoms. The second-order valence-electron chi connectivity index (χ2n) is 11.5. The number of benzene rings is 3. The molecule has 44 heavy (non-hydrogen) atoms. The summed E-state index contributed by atoms with van der Waals surface area (Å²) in [6.45, 7) is 5.71. The summed E-state index contributed by atoms with van der Waals surface area (Å²) in [7, 11) is 3.53. The van der Waals surface area contributed by atoms with E-state index in [0.717, 1.165) is 84.9 Å². The number of ether oxygens (including phenoxy) is 1. The summed E-state index contributed by atoms with van der Waals surface area (Å²) in [5.74, 6) is 0.576. The van der Waals surface area contributed by atoms with Crippen molar-refractivity contribution in [2.75, 3.05) is 32.1 Å². The molecule has 0 radical (unpaired) electrons. The molecule has 0 atom stereocenters. The molecule has 4 aromatic rings. The number of amides is 2. The molecule has 0 fully saturated rings. The third kappa shape index (κ3) is 8.28. The molecule has 234 valence electrons. The first-order valence-electron chi connectivity index (χ1n) is 15.9. The number of halogens is 1. The molecule has 0 saturated heterocycles. The molecule has 0 N–H and O–H groups in total. The number of nitrogens with zero attached hydrogens (tertiary/aromatic N) is 3. The van der Waals surface area contributed by atoms with Gasteiger partial charge in [-0.3, -0.25) is 9.59 Å². The van der Waals surface area contributed by atoms with Gasteiger partial charge in [-0.15, -0.1) is 0 Å². The topological polar surface area (TPSA) is 54.8 Å². The summed E-state index contributed by atoms with van der Waals surface area (Å²) >= 11 is 0. The number of hydrogen-bond acceptors (Lipinski definition) is 3. The highest BCUT2D eigenvalue weighted by Gasteiger charge is 2.26. The van der Waals surface area contributed by atoms with Gasteiger partial charge in [0, 0.05) is 51.0 Å². The Kier molecular flexibility index (Phi) is 12.0. The second kappa shape index (κ2) is 16.1. The van der Waals surface area contributed by atoms with Crippen LogP contribution in [0.4, 0.5) is 10.1 Å². The Bertz CT molecular complexity index is 1510. The number of methoxy groups -OCH3 is 1. The van der Waals surface area contributed by atoms with E-state index in [2.05, 4.69) is 23.6 Å². The fraction of sp³-hybridized carbons (Fsp3) is 0.405. The minimum absolute atomic E-state index is 0.0457. The summed E-state index contributed by atoms with van der Waals surface area (Å²) < 4.78 is 21.9. The molecule has 0 spiro atoms. The standard InChI is InChI=1S/C37H46FN3O3/c1-5-6-24-39(3)35(43)17-13-8-7-9-14-25-40(28(2)42)37-33-26-32(44-4)22-23-34(33)41(27-29-15-11-10-12-16-29)36(37)30-18-20-31(38)21-19-30/h10-12,15-16,18-23,26H,5-9,13-14,17,24-25,27H2,1-4H3. The summed E-state index contributed by atoms with van der Waals surface area (Å²) in [6, 6.07) is 22.7. The summed E-state index contributed by atoms with van der Waals surface area (Å²) in [5, 5.41) is 0.917. The van der Waals surface area contributed by atoms with Crippen molar-refractivity contribution in [1.82, 2.24) is 9.47 Å². The molecule has 0 aliphatic heterocycles. The zero-order valence-corrected chi connectivity index (χ0v) is 26.7. The van der Waals surface area contributed by atoms with E-state index in [0.29, 0.717) is 25.3 Å². The van der Waals surface area contributed by atoms with Crippen molar-refractivity contribution in [3.63, 3.8) is 0 Å². The molecule has 7 heteroatoms. The normalized spacial score (nSPS) is 11.1. The van der Waals surface area contributed by atoms with Crippen molar-refractivity contribution in [2.45, 2.75) is 71.8 Å². The lowest BCUT2D eigenvalue weighted by atomic mass is 10.1. The molecule has 2 amide bonds. The van der Waals surface area contributed by atoms with Crippen LogP contribution >= 0.6 is 0 Å². The first-order valence-corrected chi connectivity index (χ1v) is 15.9. The highest BCUT2D eigenvalue weighted by atomic mass is 19.1. The quantitative estimate of drug-likeness (QED) is 0.121. The molecule has 4 rings (SSSR count). The molecule has 1 aromatic heterocycles. The van der Waals surface area contributed by atoms with Crippen LogP contribution in [0.5, 0.6) is 5.75 Å². The molecular formula is C37H46FN3O3. The minimum atomic E-state index is -0.305. The lowest BCUT2D eigenvalue weighted by Gasteiger charge is -2.23. The molecule has 6 nitrogen and oxygen atoms in total. The van der Waals surface area contributed by atoms with Gasteiger partial charge < -0.3 is 19.1 Å². The van der Waals surface area contributed by atoms with E-state index in [-0.39, 0.29) is 17.6 Å². The Morgan fingerprint density at radius 2 is 1.57 bits per heavy atom. The van der Waals surface area contributed by atoms with Crippen LogP contribution in [0.3, 0.4) is 0 Å². The Morgan fingerprint density at radius 1 is 0.864 bits per heavy atom. The van der Waals surface area contributed by atoms with Crippen molar-refractivity contribution >= 4 is 28.4 Å². The average Bonchev–Trinajstić information content (AvgIpc) is 3.34. The van der Waals surface area contributed by atoms with E-state index in [4.69, 9.17) is 4.74 Å². The Morgan fingerprint density at radius 3 is 2.25 bits per heavy atom. The van der Waals surface area contributed by atoms with Gasteiger partial charge in [0.2, 0.25) is 11.8 Å². The number of anilines is 1. The second-order valence-corrected chi connectivity index (χ2v) is 11.5. The molecule has 0 unspecified atom stereocenters. The van der Waals surface area contributed by atoms with Crippen molar-refractivity contribution in [2.24, 2.45) is 0 Å². The van der Waals surface area contributed by atoms with E-state index >= 15 is 0 Å². The highest BCUT2D eigenvalue weighted by Crippen LogP contribution is 2.43. The van der Waals surface area contributed by atoms with Crippen molar-refractivity contribution in [1.29, 1.82) is 0 Å². The van der Waals surface area contributed by atoms with Crippen LogP contribution in [-0.4, -0.2) is 48.5 Å². The van der Waals surface area contributed by atoms with E-state index in [1.165, 1.54) is 12.1 Å². The first kappa shape index (κ1) is 32.8. The van der Waals surface area contributed by atoms with Gasteiger partial charge in [0.15, 0.2) is 0 Å². The number of carbonyl (C=O) groups excluding carboxylic acids is 2. The smallest absolute Gasteiger partial charge is 0.223 e. The van der Waals surface area contributed by atoms with Crippen LogP contribution in [0.25, 0.3) is 22.2 Å². The number of aromatic nitrogens is 1. The highest BCUT2D eigenvalue weighted by molar-refractivity contribution is 6.09. The van der Waals surface area contributed by atoms with Gasteiger partial charge in [0.05, 0.1) is 24.0 Å². The van der Waals surface area contributed by atoms with E-state index in [1.807, 2.05) is 53.2 Å². The van der Waals surface area contributed by atoms with Gasteiger partial charge in [-0.05, 0) is 67.3 Å². The number of rotatable bonds is 16. The number of fused-ring (bicyclic) bond motifs is 1. The summed E-state index contributed by atoms with van der Waals surface area (Å²) in [6.07, 6.45) is 7.38. The van der Waals surface area contributed by atoms with Crippen LogP contribution < -0.4 is 9.64 Å². The van der Waals surface area contributed by atoms with Crippen LogP contribution in [-0.2, 0) is 16.1 Å². The van der Waals surface area contributed by atoms with Gasteiger partial charge >= 0.3 is 0 Å². The Labute approximate surface area is 261 Å². The average molecular weight is 600 g/mol. The van der Waals surface area contributed by atoms with E-state index in [1.54, 1.807) is 26.2 Å². The lowest BCUT2D eigenvalue weighted by molar-refractivity contribution is -0.130. The summed E-state index contributed by atoms with van der Waals surface area (Å²) in [4.78, 5) is 29.4. The fourth-order valence-corrected chi connectivity index (χ4v) is 5.76. The zero-order valence-electron chi connectivity index (χ0n) is 26.7. The Hall–Kier alpha value is -4.13. The predicted octanol–water partition coefficient (Wildman–Crippen LogP) is 8.46. The number of unbranched alkanes of at least 4 members (excludes halogenated alkanes) is 5. The van der Waals surface area contributed by atoms with Crippen molar-refractivity contribution in [3.8, 4) is 17.0 Å². The molecule has 1 heterocycles. The predicted molar refractivity (Wildman–Crippen MR) is 178 cm³/mol. The van der Waals surface area contributed by atoms with Gasteiger partial charge in [0.25, 0.3) is 0 Å².